The van der Waals surface area contributed by atoms with Crippen molar-refractivity contribution in [2.75, 3.05) is 0 Å². The zero-order chi connectivity index (χ0) is 14.9. The standard InChI is InChI=1S/C16H21BrF2O/c1-10-8-15(9-11(2)12(10)3)20-16(18,19)13-4-6-14(17)7-5-13/h8-9,13-14H,4-7H2,1-3H3. The summed E-state index contributed by atoms with van der Waals surface area (Å²) < 4.78 is 33.5. The molecule has 1 saturated carbocycles. The minimum Gasteiger partial charge on any atom is -0.432 e. The van der Waals surface area contributed by atoms with Crippen LogP contribution in [0.1, 0.15) is 42.4 Å². The largest absolute Gasteiger partial charge is 0.432 e. The number of benzene rings is 1. The van der Waals surface area contributed by atoms with Gasteiger partial charge in [0.05, 0.1) is 5.92 Å². The first-order valence-corrected chi connectivity index (χ1v) is 8.00. The van der Waals surface area contributed by atoms with Gasteiger partial charge < -0.3 is 4.74 Å². The molecule has 0 bridgehead atoms. The highest BCUT2D eigenvalue weighted by molar-refractivity contribution is 9.09. The smallest absolute Gasteiger partial charge is 0.400 e. The van der Waals surface area contributed by atoms with Gasteiger partial charge in [0.1, 0.15) is 5.75 Å². The summed E-state index contributed by atoms with van der Waals surface area (Å²) in [7, 11) is 0. The number of hydrogen-bond donors (Lipinski definition) is 0. The minimum atomic E-state index is -3.08. The molecule has 20 heavy (non-hydrogen) atoms. The third kappa shape index (κ3) is 3.51. The lowest BCUT2D eigenvalue weighted by Gasteiger charge is -2.31. The molecule has 1 aromatic rings. The first-order chi connectivity index (χ1) is 9.29. The molecule has 0 heterocycles. The number of aryl methyl sites for hydroxylation is 2. The minimum absolute atomic E-state index is 0.275. The van der Waals surface area contributed by atoms with Crippen molar-refractivity contribution in [3.05, 3.63) is 28.8 Å². The Balaban J connectivity index is 2.11. The Bertz CT molecular complexity index is 456. The van der Waals surface area contributed by atoms with E-state index in [4.69, 9.17) is 4.74 Å². The van der Waals surface area contributed by atoms with Gasteiger partial charge in [-0.1, -0.05) is 15.9 Å². The average molecular weight is 347 g/mol. The Morgan fingerprint density at radius 3 is 2.05 bits per heavy atom. The molecule has 0 amide bonds. The molecular formula is C16H21BrF2O. The monoisotopic (exact) mass is 346 g/mol. The van der Waals surface area contributed by atoms with Crippen LogP contribution in [0.2, 0.25) is 0 Å². The number of hydrogen-bond acceptors (Lipinski definition) is 1. The fraction of sp³-hybridized carbons (Fsp3) is 0.625. The van der Waals surface area contributed by atoms with Crippen LogP contribution in [0, 0.1) is 26.7 Å². The molecule has 1 nitrogen and oxygen atoms in total. The lowest BCUT2D eigenvalue weighted by atomic mass is 9.88. The van der Waals surface area contributed by atoms with Crippen LogP contribution in [0.5, 0.6) is 5.75 Å². The first-order valence-electron chi connectivity index (χ1n) is 7.08. The molecule has 0 unspecified atom stereocenters. The van der Waals surface area contributed by atoms with Gasteiger partial charge in [-0.3, -0.25) is 0 Å². The van der Waals surface area contributed by atoms with Crippen molar-refractivity contribution in [2.24, 2.45) is 5.92 Å². The van der Waals surface area contributed by atoms with E-state index >= 15 is 0 Å². The van der Waals surface area contributed by atoms with Gasteiger partial charge in [0.25, 0.3) is 0 Å². The first kappa shape index (κ1) is 15.7. The van der Waals surface area contributed by atoms with E-state index in [2.05, 4.69) is 15.9 Å². The SMILES string of the molecule is Cc1cc(OC(F)(F)C2CCC(Br)CC2)cc(C)c1C. The van der Waals surface area contributed by atoms with E-state index in [1.54, 1.807) is 12.1 Å². The molecule has 1 aromatic carbocycles. The predicted molar refractivity (Wildman–Crippen MR) is 80.9 cm³/mol. The van der Waals surface area contributed by atoms with Crippen LogP contribution in [0.25, 0.3) is 0 Å². The van der Waals surface area contributed by atoms with E-state index in [1.165, 1.54) is 0 Å². The second-order valence-corrected chi connectivity index (χ2v) is 7.09. The molecule has 4 heteroatoms. The van der Waals surface area contributed by atoms with Crippen LogP contribution in [-0.2, 0) is 0 Å². The molecule has 1 fully saturated rings. The molecule has 0 N–H and O–H groups in total. The maximum atomic E-state index is 14.2. The molecular weight excluding hydrogens is 326 g/mol. The zero-order valence-electron chi connectivity index (χ0n) is 12.2. The van der Waals surface area contributed by atoms with Crippen LogP contribution >= 0.6 is 15.9 Å². The fourth-order valence-electron chi connectivity index (χ4n) is 2.68. The third-order valence-electron chi connectivity index (χ3n) is 4.29. The molecule has 1 aliphatic carbocycles. The Labute approximate surface area is 127 Å². The second kappa shape index (κ2) is 6.00. The third-order valence-corrected chi connectivity index (χ3v) is 5.20. The molecule has 0 atom stereocenters. The fourth-order valence-corrected chi connectivity index (χ4v) is 3.21. The van der Waals surface area contributed by atoms with Gasteiger partial charge in [-0.2, -0.15) is 8.78 Å². The lowest BCUT2D eigenvalue weighted by Crippen LogP contribution is -2.37. The van der Waals surface area contributed by atoms with Gasteiger partial charge in [0, 0.05) is 4.83 Å². The Hall–Kier alpha value is -0.640. The number of ether oxygens (including phenoxy) is 1. The van der Waals surface area contributed by atoms with E-state index in [9.17, 15) is 8.78 Å². The highest BCUT2D eigenvalue weighted by atomic mass is 79.9. The van der Waals surface area contributed by atoms with Crippen molar-refractivity contribution in [1.82, 2.24) is 0 Å². The second-order valence-electron chi connectivity index (χ2n) is 5.79. The molecule has 0 saturated heterocycles. The maximum absolute atomic E-state index is 14.2. The summed E-state index contributed by atoms with van der Waals surface area (Å²) in [5.41, 5.74) is 3.10. The average Bonchev–Trinajstić information content (AvgIpc) is 2.36. The summed E-state index contributed by atoms with van der Waals surface area (Å²) in [5, 5.41) is 0. The highest BCUT2D eigenvalue weighted by Gasteiger charge is 2.43. The molecule has 0 spiro atoms. The number of alkyl halides is 3. The summed E-state index contributed by atoms with van der Waals surface area (Å²) in [6.07, 6.45) is -0.494. The van der Waals surface area contributed by atoms with Gasteiger partial charge in [-0.25, -0.2) is 0 Å². The van der Waals surface area contributed by atoms with Crippen LogP contribution in [0.15, 0.2) is 12.1 Å². The zero-order valence-corrected chi connectivity index (χ0v) is 13.8. The summed E-state index contributed by atoms with van der Waals surface area (Å²) in [4.78, 5) is 0.374. The van der Waals surface area contributed by atoms with Crippen molar-refractivity contribution >= 4 is 15.9 Å². The van der Waals surface area contributed by atoms with E-state index in [-0.39, 0.29) is 5.75 Å². The molecule has 0 aliphatic heterocycles. The molecule has 112 valence electrons. The van der Waals surface area contributed by atoms with Crippen molar-refractivity contribution in [3.8, 4) is 5.75 Å². The van der Waals surface area contributed by atoms with Crippen LogP contribution in [0.4, 0.5) is 8.78 Å². The van der Waals surface area contributed by atoms with Gasteiger partial charge in [-0.15, -0.1) is 0 Å². The topological polar surface area (TPSA) is 9.23 Å². The van der Waals surface area contributed by atoms with E-state index in [1.807, 2.05) is 20.8 Å². The van der Waals surface area contributed by atoms with E-state index < -0.39 is 12.0 Å². The van der Waals surface area contributed by atoms with E-state index in [0.29, 0.717) is 17.7 Å². The molecule has 0 aromatic heterocycles. The highest BCUT2D eigenvalue weighted by Crippen LogP contribution is 2.40. The van der Waals surface area contributed by atoms with Crippen molar-refractivity contribution < 1.29 is 13.5 Å². The van der Waals surface area contributed by atoms with Crippen LogP contribution in [0.3, 0.4) is 0 Å². The van der Waals surface area contributed by atoms with Crippen LogP contribution in [-0.4, -0.2) is 10.9 Å². The van der Waals surface area contributed by atoms with Gasteiger partial charge in [0.2, 0.25) is 0 Å². The molecule has 0 radical (unpaired) electrons. The van der Waals surface area contributed by atoms with Crippen molar-refractivity contribution in [3.63, 3.8) is 0 Å². The van der Waals surface area contributed by atoms with Crippen molar-refractivity contribution in [2.45, 2.75) is 57.4 Å². The van der Waals surface area contributed by atoms with Gasteiger partial charge in [-0.05, 0) is 75.3 Å². The molecule has 1 aliphatic rings. The van der Waals surface area contributed by atoms with Gasteiger partial charge in [0.15, 0.2) is 0 Å². The number of rotatable bonds is 3. The Kier molecular flexibility index (Phi) is 4.73. The summed E-state index contributed by atoms with van der Waals surface area (Å²) in [6, 6.07) is 3.40. The summed E-state index contributed by atoms with van der Waals surface area (Å²) >= 11 is 3.49. The van der Waals surface area contributed by atoms with E-state index in [0.717, 1.165) is 29.5 Å². The van der Waals surface area contributed by atoms with Gasteiger partial charge >= 0.3 is 6.11 Å². The Morgan fingerprint density at radius 1 is 1.05 bits per heavy atom. The summed E-state index contributed by atoms with van der Waals surface area (Å²) in [5.74, 6) is -0.408. The predicted octanol–water partition coefficient (Wildman–Crippen LogP) is 5.54. The Morgan fingerprint density at radius 2 is 1.55 bits per heavy atom. The maximum Gasteiger partial charge on any atom is 0.400 e. The molecule has 2 rings (SSSR count). The lowest BCUT2D eigenvalue weighted by molar-refractivity contribution is -0.221. The van der Waals surface area contributed by atoms with Crippen molar-refractivity contribution in [1.29, 1.82) is 0 Å². The number of halogens is 3. The normalized spacial score (nSPS) is 23.7. The quantitative estimate of drug-likeness (QED) is 0.653. The summed E-state index contributed by atoms with van der Waals surface area (Å²) in [6.45, 7) is 5.83. The van der Waals surface area contributed by atoms with Crippen LogP contribution < -0.4 is 4.74 Å².